The zero-order valence-corrected chi connectivity index (χ0v) is 23.5. The highest BCUT2D eigenvalue weighted by molar-refractivity contribution is 5.69. The lowest BCUT2D eigenvalue weighted by molar-refractivity contribution is -0.139. The predicted octanol–water partition coefficient (Wildman–Crippen LogP) is 6.60. The second-order valence-electron chi connectivity index (χ2n) is 10.8. The zero-order chi connectivity index (χ0) is 29.2. The van der Waals surface area contributed by atoms with Crippen molar-refractivity contribution in [3.63, 3.8) is 0 Å². The molecular weight excluding hydrogens is 529 g/mol. The smallest absolute Gasteiger partial charge is 0.416 e. The quantitative estimate of drug-likeness (QED) is 0.236. The van der Waals surface area contributed by atoms with Gasteiger partial charge in [0.2, 0.25) is 0 Å². The number of piperidine rings is 1. The molecule has 0 spiro atoms. The standard InChI is InChI=1S/C33H39F3N2O3/c1-25-28(15-8-17-31(25)33(34,35)36)21-37(19-10-20-41-29-16-9-18-38(22-29)24-32(39)40)23-30(26-11-4-2-5-12-26)27-13-6-3-7-14-27/h2-8,11-15,17,29-30H,9-10,16,18-24H2,1H3,(H,39,40). The molecule has 4 rings (SSSR count). The van der Waals surface area contributed by atoms with Crippen LogP contribution in [0.2, 0.25) is 0 Å². The van der Waals surface area contributed by atoms with E-state index in [1.54, 1.807) is 13.0 Å². The van der Waals surface area contributed by atoms with Gasteiger partial charge in [-0.3, -0.25) is 14.6 Å². The average Bonchev–Trinajstić information content (AvgIpc) is 2.95. The van der Waals surface area contributed by atoms with Crippen molar-refractivity contribution in [2.75, 3.05) is 39.3 Å². The minimum atomic E-state index is -4.40. The number of alkyl halides is 3. The first-order chi connectivity index (χ1) is 19.7. The van der Waals surface area contributed by atoms with Crippen LogP contribution in [0.5, 0.6) is 0 Å². The molecule has 1 N–H and O–H groups in total. The molecule has 0 aliphatic carbocycles. The number of carboxylic acids is 1. The molecule has 1 saturated heterocycles. The number of hydrogen-bond acceptors (Lipinski definition) is 4. The molecule has 0 aromatic heterocycles. The summed E-state index contributed by atoms with van der Waals surface area (Å²) in [6.07, 6.45) is -1.90. The molecule has 0 amide bonds. The number of rotatable bonds is 13. The Kier molecular flexibility index (Phi) is 11.0. The Morgan fingerprint density at radius 3 is 2.29 bits per heavy atom. The van der Waals surface area contributed by atoms with E-state index in [1.807, 2.05) is 41.3 Å². The van der Waals surface area contributed by atoms with E-state index in [9.17, 15) is 18.0 Å². The molecule has 1 atom stereocenters. The van der Waals surface area contributed by atoms with Crippen molar-refractivity contribution in [1.82, 2.24) is 9.80 Å². The monoisotopic (exact) mass is 568 g/mol. The van der Waals surface area contributed by atoms with Gasteiger partial charge in [-0.25, -0.2) is 0 Å². The molecule has 1 aliphatic rings. The molecule has 1 heterocycles. The Morgan fingerprint density at radius 2 is 1.68 bits per heavy atom. The highest BCUT2D eigenvalue weighted by atomic mass is 19.4. The van der Waals surface area contributed by atoms with E-state index < -0.39 is 17.7 Å². The number of hydrogen-bond donors (Lipinski definition) is 1. The normalized spacial score (nSPS) is 16.4. The van der Waals surface area contributed by atoms with E-state index in [0.717, 1.165) is 36.6 Å². The summed E-state index contributed by atoms with van der Waals surface area (Å²) in [7, 11) is 0. The van der Waals surface area contributed by atoms with Crippen LogP contribution in [0.15, 0.2) is 78.9 Å². The number of ether oxygens (including phenoxy) is 1. The van der Waals surface area contributed by atoms with Crippen molar-refractivity contribution >= 4 is 5.97 Å². The molecule has 0 saturated carbocycles. The van der Waals surface area contributed by atoms with E-state index >= 15 is 0 Å². The number of likely N-dealkylation sites (tertiary alicyclic amines) is 1. The van der Waals surface area contributed by atoms with Gasteiger partial charge < -0.3 is 9.84 Å². The maximum absolute atomic E-state index is 13.7. The van der Waals surface area contributed by atoms with Gasteiger partial charge in [-0.05, 0) is 61.1 Å². The minimum Gasteiger partial charge on any atom is -0.480 e. The minimum absolute atomic E-state index is 0.0105. The number of aliphatic carboxylic acids is 1. The van der Waals surface area contributed by atoms with Gasteiger partial charge in [0.05, 0.1) is 18.2 Å². The zero-order valence-electron chi connectivity index (χ0n) is 23.5. The number of nitrogens with zero attached hydrogens (tertiary/aromatic N) is 2. The van der Waals surface area contributed by atoms with Crippen LogP contribution >= 0.6 is 0 Å². The fourth-order valence-corrected chi connectivity index (χ4v) is 5.69. The first-order valence-electron chi connectivity index (χ1n) is 14.2. The molecule has 41 heavy (non-hydrogen) atoms. The topological polar surface area (TPSA) is 53.0 Å². The number of carbonyl (C=O) groups is 1. The van der Waals surface area contributed by atoms with Crippen LogP contribution in [-0.4, -0.2) is 66.3 Å². The Balaban J connectivity index is 1.49. The van der Waals surface area contributed by atoms with E-state index in [1.165, 1.54) is 6.07 Å². The Hall–Kier alpha value is -3.20. The molecule has 220 valence electrons. The lowest BCUT2D eigenvalue weighted by atomic mass is 9.90. The van der Waals surface area contributed by atoms with E-state index in [-0.39, 0.29) is 24.1 Å². The summed E-state index contributed by atoms with van der Waals surface area (Å²) in [5, 5.41) is 9.12. The molecular formula is C33H39F3N2O3. The highest BCUT2D eigenvalue weighted by Gasteiger charge is 2.33. The van der Waals surface area contributed by atoms with Crippen LogP contribution in [-0.2, 0) is 22.3 Å². The lowest BCUT2D eigenvalue weighted by Crippen LogP contribution is -2.42. The fourth-order valence-electron chi connectivity index (χ4n) is 5.69. The summed E-state index contributed by atoms with van der Waals surface area (Å²) in [5.74, 6) is -0.787. The van der Waals surface area contributed by atoms with Crippen LogP contribution in [0.3, 0.4) is 0 Å². The van der Waals surface area contributed by atoms with Gasteiger partial charge in [-0.2, -0.15) is 13.2 Å². The van der Waals surface area contributed by atoms with Crippen LogP contribution in [0.1, 0.15) is 53.0 Å². The lowest BCUT2D eigenvalue weighted by Gasteiger charge is -2.32. The summed E-state index contributed by atoms with van der Waals surface area (Å²) in [5.41, 5.74) is 2.64. The third-order valence-corrected chi connectivity index (χ3v) is 7.78. The maximum Gasteiger partial charge on any atom is 0.416 e. The SMILES string of the molecule is Cc1c(CN(CCCOC2CCCN(CC(=O)O)C2)CC(c2ccccc2)c2ccccc2)cccc1C(F)(F)F. The van der Waals surface area contributed by atoms with Gasteiger partial charge in [-0.1, -0.05) is 72.8 Å². The molecule has 5 nitrogen and oxygen atoms in total. The predicted molar refractivity (Wildman–Crippen MR) is 154 cm³/mol. The number of carboxylic acid groups (broad SMARTS) is 1. The van der Waals surface area contributed by atoms with Crippen molar-refractivity contribution in [2.24, 2.45) is 0 Å². The first-order valence-corrected chi connectivity index (χ1v) is 14.2. The van der Waals surface area contributed by atoms with Crippen molar-refractivity contribution in [3.05, 3.63) is 107 Å². The maximum atomic E-state index is 13.7. The number of halogens is 3. The Morgan fingerprint density at radius 1 is 1.02 bits per heavy atom. The molecule has 3 aromatic rings. The third kappa shape index (κ3) is 9.15. The summed E-state index contributed by atoms with van der Waals surface area (Å²) in [4.78, 5) is 15.2. The van der Waals surface area contributed by atoms with Gasteiger partial charge in [0, 0.05) is 38.7 Å². The molecule has 3 aromatic carbocycles. The van der Waals surface area contributed by atoms with Crippen LogP contribution in [0.4, 0.5) is 13.2 Å². The average molecular weight is 569 g/mol. The van der Waals surface area contributed by atoms with E-state index in [2.05, 4.69) is 29.2 Å². The largest absolute Gasteiger partial charge is 0.480 e. The molecule has 1 unspecified atom stereocenters. The summed E-state index contributed by atoms with van der Waals surface area (Å²) < 4.78 is 47.2. The van der Waals surface area contributed by atoms with Gasteiger partial charge in [-0.15, -0.1) is 0 Å². The van der Waals surface area contributed by atoms with E-state index in [4.69, 9.17) is 9.84 Å². The van der Waals surface area contributed by atoms with Crippen molar-refractivity contribution in [3.8, 4) is 0 Å². The van der Waals surface area contributed by atoms with Gasteiger partial charge in [0.15, 0.2) is 0 Å². The summed E-state index contributed by atoms with van der Waals surface area (Å²) >= 11 is 0. The number of benzene rings is 3. The molecule has 1 fully saturated rings. The van der Waals surface area contributed by atoms with Gasteiger partial charge >= 0.3 is 12.1 Å². The second kappa shape index (κ2) is 14.6. The van der Waals surface area contributed by atoms with Crippen LogP contribution in [0, 0.1) is 6.92 Å². The third-order valence-electron chi connectivity index (χ3n) is 7.78. The van der Waals surface area contributed by atoms with E-state index in [0.29, 0.717) is 44.8 Å². The van der Waals surface area contributed by atoms with Crippen molar-refractivity contribution in [1.29, 1.82) is 0 Å². The second-order valence-corrected chi connectivity index (χ2v) is 10.8. The Labute approximate surface area is 240 Å². The fraction of sp³-hybridized carbons (Fsp3) is 0.424. The van der Waals surface area contributed by atoms with Crippen molar-refractivity contribution < 1.29 is 27.8 Å². The van der Waals surface area contributed by atoms with Crippen LogP contribution < -0.4 is 0 Å². The summed E-state index contributed by atoms with van der Waals surface area (Å²) in [6, 6.07) is 24.8. The van der Waals surface area contributed by atoms with Crippen molar-refractivity contribution in [2.45, 2.75) is 50.9 Å². The summed E-state index contributed by atoms with van der Waals surface area (Å²) in [6.45, 7) is 5.12. The molecule has 1 aliphatic heterocycles. The Bertz CT molecular complexity index is 1200. The van der Waals surface area contributed by atoms with Gasteiger partial charge in [0.25, 0.3) is 0 Å². The molecule has 8 heteroatoms. The van der Waals surface area contributed by atoms with Gasteiger partial charge in [0.1, 0.15) is 0 Å². The highest BCUT2D eigenvalue weighted by Crippen LogP contribution is 2.34. The molecule has 0 radical (unpaired) electrons. The first kappa shape index (κ1) is 30.8. The molecule has 0 bridgehead atoms. The van der Waals surface area contributed by atoms with Crippen LogP contribution in [0.25, 0.3) is 0 Å².